The average molecular weight is 396 g/mol. The standard InChI is InChI=1S/C21H28N6O2/c1-3-10-25(11-4-2)19(28)17-6-9-22-18(16-17)20(29)26-12-14-27(15-13-26)21-23-7-5-8-24-21/h5-9,16H,3-4,10-15H2,1-2H3. The van der Waals surface area contributed by atoms with Crippen LogP contribution in [0.2, 0.25) is 0 Å². The average Bonchev–Trinajstić information content (AvgIpc) is 2.79. The number of pyridine rings is 1. The third-order valence-corrected chi connectivity index (χ3v) is 4.90. The summed E-state index contributed by atoms with van der Waals surface area (Å²) in [6.07, 6.45) is 6.78. The van der Waals surface area contributed by atoms with Gasteiger partial charge in [0.25, 0.3) is 11.8 Å². The Hall–Kier alpha value is -3.03. The van der Waals surface area contributed by atoms with Gasteiger partial charge in [-0.15, -0.1) is 0 Å². The first-order chi connectivity index (χ1) is 14.1. The number of carbonyl (C=O) groups is 2. The zero-order valence-corrected chi connectivity index (χ0v) is 17.1. The highest BCUT2D eigenvalue weighted by Gasteiger charge is 2.25. The Labute approximate surface area is 171 Å². The van der Waals surface area contributed by atoms with Crippen LogP contribution in [0.15, 0.2) is 36.8 Å². The number of aromatic nitrogens is 3. The lowest BCUT2D eigenvalue weighted by Crippen LogP contribution is -2.49. The Morgan fingerprint density at radius 1 is 0.966 bits per heavy atom. The summed E-state index contributed by atoms with van der Waals surface area (Å²) in [6.45, 7) is 7.98. The van der Waals surface area contributed by atoms with E-state index in [2.05, 4.69) is 33.7 Å². The van der Waals surface area contributed by atoms with Crippen molar-refractivity contribution < 1.29 is 9.59 Å². The van der Waals surface area contributed by atoms with Gasteiger partial charge >= 0.3 is 0 Å². The first kappa shape index (κ1) is 20.7. The molecule has 1 fully saturated rings. The Kier molecular flexibility index (Phi) is 7.10. The molecule has 3 heterocycles. The van der Waals surface area contributed by atoms with Crippen molar-refractivity contribution in [1.82, 2.24) is 24.8 Å². The molecule has 8 nitrogen and oxygen atoms in total. The highest BCUT2D eigenvalue weighted by Crippen LogP contribution is 2.14. The molecule has 8 heteroatoms. The van der Waals surface area contributed by atoms with Crippen LogP contribution < -0.4 is 4.90 Å². The molecule has 0 aliphatic carbocycles. The lowest BCUT2D eigenvalue weighted by atomic mass is 10.1. The minimum atomic E-state index is -0.147. The van der Waals surface area contributed by atoms with Crippen LogP contribution in [0.25, 0.3) is 0 Å². The third-order valence-electron chi connectivity index (χ3n) is 4.90. The highest BCUT2D eigenvalue weighted by molar-refractivity contribution is 5.98. The van der Waals surface area contributed by atoms with Crippen LogP contribution in [-0.2, 0) is 0 Å². The lowest BCUT2D eigenvalue weighted by Gasteiger charge is -2.34. The van der Waals surface area contributed by atoms with Gasteiger partial charge in [0.05, 0.1) is 0 Å². The van der Waals surface area contributed by atoms with E-state index in [1.165, 1.54) is 0 Å². The van der Waals surface area contributed by atoms with Crippen molar-refractivity contribution in [1.29, 1.82) is 0 Å². The minimum absolute atomic E-state index is 0.0452. The molecule has 2 aromatic heterocycles. The fourth-order valence-electron chi connectivity index (χ4n) is 3.44. The second-order valence-electron chi connectivity index (χ2n) is 7.05. The van der Waals surface area contributed by atoms with Crippen molar-refractivity contribution in [2.75, 3.05) is 44.2 Å². The smallest absolute Gasteiger partial charge is 0.272 e. The maximum absolute atomic E-state index is 12.9. The van der Waals surface area contributed by atoms with Gasteiger partial charge < -0.3 is 14.7 Å². The molecule has 0 atom stereocenters. The number of rotatable bonds is 7. The van der Waals surface area contributed by atoms with Gasteiger partial charge in [-0.3, -0.25) is 14.6 Å². The van der Waals surface area contributed by atoms with Crippen LogP contribution in [0.4, 0.5) is 5.95 Å². The quantitative estimate of drug-likeness (QED) is 0.713. The van der Waals surface area contributed by atoms with E-state index < -0.39 is 0 Å². The Morgan fingerprint density at radius 2 is 1.62 bits per heavy atom. The molecule has 0 unspecified atom stereocenters. The van der Waals surface area contributed by atoms with Crippen LogP contribution in [0.3, 0.4) is 0 Å². The summed E-state index contributed by atoms with van der Waals surface area (Å²) >= 11 is 0. The third kappa shape index (κ3) is 5.07. The van der Waals surface area contributed by atoms with Gasteiger partial charge in [0.2, 0.25) is 5.95 Å². The van der Waals surface area contributed by atoms with Crippen LogP contribution in [0.1, 0.15) is 47.5 Å². The minimum Gasteiger partial charge on any atom is -0.339 e. The summed E-state index contributed by atoms with van der Waals surface area (Å²) in [6, 6.07) is 5.09. The molecule has 2 aromatic rings. The first-order valence-electron chi connectivity index (χ1n) is 10.2. The van der Waals surface area contributed by atoms with Crippen molar-refractivity contribution in [2.24, 2.45) is 0 Å². The molecular weight excluding hydrogens is 368 g/mol. The summed E-state index contributed by atoms with van der Waals surface area (Å²) < 4.78 is 0. The molecular formula is C21H28N6O2. The van der Waals surface area contributed by atoms with E-state index in [1.54, 1.807) is 41.7 Å². The monoisotopic (exact) mass is 396 g/mol. The summed E-state index contributed by atoms with van der Waals surface area (Å²) in [5, 5.41) is 0. The van der Waals surface area contributed by atoms with Crippen molar-refractivity contribution >= 4 is 17.8 Å². The van der Waals surface area contributed by atoms with Crippen molar-refractivity contribution in [2.45, 2.75) is 26.7 Å². The van der Waals surface area contributed by atoms with Crippen molar-refractivity contribution in [3.8, 4) is 0 Å². The van der Waals surface area contributed by atoms with Gasteiger partial charge in [0.1, 0.15) is 5.69 Å². The maximum atomic E-state index is 12.9. The Balaban J connectivity index is 1.66. The van der Waals surface area contributed by atoms with E-state index in [0.29, 0.717) is 56.5 Å². The number of carbonyl (C=O) groups excluding carboxylic acids is 2. The number of hydrogen-bond donors (Lipinski definition) is 0. The molecule has 3 rings (SSSR count). The van der Waals surface area contributed by atoms with Crippen molar-refractivity contribution in [3.63, 3.8) is 0 Å². The number of anilines is 1. The summed E-state index contributed by atoms with van der Waals surface area (Å²) in [5.74, 6) is 0.485. The molecule has 1 aliphatic heterocycles. The summed E-state index contributed by atoms with van der Waals surface area (Å²) in [5.41, 5.74) is 0.828. The maximum Gasteiger partial charge on any atom is 0.272 e. The lowest BCUT2D eigenvalue weighted by molar-refractivity contribution is 0.0740. The second-order valence-corrected chi connectivity index (χ2v) is 7.05. The van der Waals surface area contributed by atoms with Gasteiger partial charge in [0, 0.05) is 63.4 Å². The first-order valence-corrected chi connectivity index (χ1v) is 10.2. The molecule has 1 saturated heterocycles. The summed E-state index contributed by atoms with van der Waals surface area (Å²) in [7, 11) is 0. The molecule has 0 saturated carbocycles. The molecule has 0 bridgehead atoms. The van der Waals surface area contributed by atoms with E-state index in [9.17, 15) is 9.59 Å². The number of piperazine rings is 1. The van der Waals surface area contributed by atoms with E-state index >= 15 is 0 Å². The SMILES string of the molecule is CCCN(CCC)C(=O)c1ccnc(C(=O)N2CCN(c3ncccn3)CC2)c1. The van der Waals surface area contributed by atoms with E-state index in [-0.39, 0.29) is 11.8 Å². The van der Waals surface area contributed by atoms with E-state index in [1.807, 2.05) is 4.90 Å². The normalized spacial score (nSPS) is 14.0. The van der Waals surface area contributed by atoms with Crippen LogP contribution in [0, 0.1) is 0 Å². The zero-order valence-electron chi connectivity index (χ0n) is 17.1. The van der Waals surface area contributed by atoms with Gasteiger partial charge in [-0.25, -0.2) is 9.97 Å². The van der Waals surface area contributed by atoms with Crippen LogP contribution in [0.5, 0.6) is 0 Å². The predicted molar refractivity (Wildman–Crippen MR) is 111 cm³/mol. The van der Waals surface area contributed by atoms with Crippen molar-refractivity contribution in [3.05, 3.63) is 48.0 Å². The van der Waals surface area contributed by atoms with Crippen LogP contribution >= 0.6 is 0 Å². The molecule has 0 N–H and O–H groups in total. The fraction of sp³-hybridized carbons (Fsp3) is 0.476. The van der Waals surface area contributed by atoms with Gasteiger partial charge in [-0.05, 0) is 31.0 Å². The van der Waals surface area contributed by atoms with Crippen LogP contribution in [-0.4, -0.2) is 75.8 Å². The van der Waals surface area contributed by atoms with E-state index in [4.69, 9.17) is 0 Å². The number of amides is 2. The molecule has 154 valence electrons. The number of nitrogens with zero attached hydrogens (tertiary/aromatic N) is 6. The Morgan fingerprint density at radius 3 is 2.24 bits per heavy atom. The molecule has 0 spiro atoms. The van der Waals surface area contributed by atoms with Gasteiger partial charge in [-0.2, -0.15) is 0 Å². The molecule has 1 aliphatic rings. The predicted octanol–water partition coefficient (Wildman–Crippen LogP) is 2.10. The highest BCUT2D eigenvalue weighted by atomic mass is 16.2. The Bertz CT molecular complexity index is 815. The molecule has 0 radical (unpaired) electrons. The van der Waals surface area contributed by atoms with Gasteiger partial charge in [-0.1, -0.05) is 13.8 Å². The summed E-state index contributed by atoms with van der Waals surface area (Å²) in [4.78, 5) is 44.2. The fourth-order valence-corrected chi connectivity index (χ4v) is 3.44. The molecule has 29 heavy (non-hydrogen) atoms. The van der Waals surface area contributed by atoms with Gasteiger partial charge in [0.15, 0.2) is 0 Å². The number of hydrogen-bond acceptors (Lipinski definition) is 6. The largest absolute Gasteiger partial charge is 0.339 e. The second kappa shape index (κ2) is 9.95. The van der Waals surface area contributed by atoms with E-state index in [0.717, 1.165) is 12.8 Å². The molecule has 2 amide bonds. The topological polar surface area (TPSA) is 82.5 Å². The molecule has 0 aromatic carbocycles. The zero-order chi connectivity index (χ0) is 20.6.